The van der Waals surface area contributed by atoms with Crippen molar-refractivity contribution in [2.75, 3.05) is 7.11 Å². The summed E-state index contributed by atoms with van der Waals surface area (Å²) in [4.78, 5) is 0. The molecule has 0 aromatic heterocycles. The van der Waals surface area contributed by atoms with Crippen molar-refractivity contribution in [3.8, 4) is 0 Å². The maximum absolute atomic E-state index is 10.5. The summed E-state index contributed by atoms with van der Waals surface area (Å²) in [7, 11) is 0.949. The largest absolute Gasteiger partial charge is 0.345 e. The molecule has 1 aromatic carbocycles. The topological polar surface area (TPSA) is 9.23 Å². The first-order chi connectivity index (χ1) is 8.70. The maximum Gasteiger partial charge on any atom is 0.345 e. The SMILES string of the molecule is CC.CC.CCCc1ccccc1.COC(F)F. The van der Waals surface area contributed by atoms with Gasteiger partial charge < -0.3 is 4.74 Å². The lowest BCUT2D eigenvalue weighted by atomic mass is 10.1. The molecule has 0 aliphatic heterocycles. The monoisotopic (exact) mass is 262 g/mol. The number of rotatable bonds is 3. The fraction of sp³-hybridized carbons (Fsp3) is 0.600. The second-order valence-electron chi connectivity index (χ2n) is 2.73. The molecule has 1 rings (SSSR count). The molecule has 0 amide bonds. The molecule has 0 unspecified atom stereocenters. The molecular weight excluding hydrogens is 234 g/mol. The number of alkyl halides is 2. The highest BCUT2D eigenvalue weighted by Gasteiger charge is 1.90. The van der Waals surface area contributed by atoms with E-state index in [4.69, 9.17) is 0 Å². The second kappa shape index (κ2) is 21.3. The van der Waals surface area contributed by atoms with Gasteiger partial charge in [0, 0.05) is 7.11 Å². The van der Waals surface area contributed by atoms with Crippen LogP contribution in [0, 0.1) is 0 Å². The van der Waals surface area contributed by atoms with Gasteiger partial charge in [0.05, 0.1) is 0 Å². The zero-order valence-corrected chi connectivity index (χ0v) is 12.5. The van der Waals surface area contributed by atoms with E-state index in [1.165, 1.54) is 18.4 Å². The molecule has 1 aromatic rings. The van der Waals surface area contributed by atoms with Gasteiger partial charge in [0.1, 0.15) is 0 Å². The van der Waals surface area contributed by atoms with Crippen LogP contribution in [0.15, 0.2) is 30.3 Å². The Morgan fingerprint density at radius 3 is 1.67 bits per heavy atom. The lowest BCUT2D eigenvalue weighted by Crippen LogP contribution is -1.89. The average molecular weight is 262 g/mol. The van der Waals surface area contributed by atoms with Crippen LogP contribution >= 0.6 is 0 Å². The van der Waals surface area contributed by atoms with E-state index in [1.807, 2.05) is 27.7 Å². The Labute approximate surface area is 111 Å². The van der Waals surface area contributed by atoms with E-state index in [2.05, 4.69) is 42.0 Å². The molecule has 0 saturated carbocycles. The molecule has 0 radical (unpaired) electrons. The van der Waals surface area contributed by atoms with E-state index in [1.54, 1.807) is 0 Å². The number of benzene rings is 1. The fourth-order valence-corrected chi connectivity index (χ4v) is 0.933. The summed E-state index contributed by atoms with van der Waals surface area (Å²) in [6.45, 7) is 7.59. The zero-order valence-electron chi connectivity index (χ0n) is 12.5. The molecule has 0 saturated heterocycles. The van der Waals surface area contributed by atoms with Gasteiger partial charge in [-0.1, -0.05) is 71.4 Å². The number of hydrogen-bond donors (Lipinski definition) is 0. The smallest absolute Gasteiger partial charge is 0.326 e. The molecule has 0 aliphatic rings. The quantitative estimate of drug-likeness (QED) is 0.694. The minimum Gasteiger partial charge on any atom is -0.326 e. The Hall–Kier alpha value is -0.960. The molecule has 0 spiro atoms. The number of methoxy groups -OCH3 is 1. The average Bonchev–Trinajstić information content (AvgIpc) is 2.45. The first-order valence-corrected chi connectivity index (χ1v) is 6.55. The summed E-state index contributed by atoms with van der Waals surface area (Å²) in [6.07, 6.45) is 2.45. The van der Waals surface area contributed by atoms with Crippen LogP contribution in [-0.2, 0) is 11.2 Å². The summed E-state index contributed by atoms with van der Waals surface area (Å²) >= 11 is 0. The van der Waals surface area contributed by atoms with Crippen LogP contribution in [0.3, 0.4) is 0 Å². The van der Waals surface area contributed by atoms with Gasteiger partial charge in [-0.25, -0.2) is 0 Å². The van der Waals surface area contributed by atoms with Crippen molar-refractivity contribution >= 4 is 0 Å². The van der Waals surface area contributed by atoms with Gasteiger partial charge >= 0.3 is 6.61 Å². The molecule has 0 fully saturated rings. The van der Waals surface area contributed by atoms with Crippen molar-refractivity contribution in [3.05, 3.63) is 35.9 Å². The molecule has 1 nitrogen and oxygen atoms in total. The van der Waals surface area contributed by atoms with Gasteiger partial charge in [-0.2, -0.15) is 8.78 Å². The minimum absolute atomic E-state index is 0.949. The third kappa shape index (κ3) is 20.5. The van der Waals surface area contributed by atoms with Gasteiger partial charge in [0.25, 0.3) is 0 Å². The molecule has 18 heavy (non-hydrogen) atoms. The van der Waals surface area contributed by atoms with Crippen molar-refractivity contribution in [1.82, 2.24) is 0 Å². The number of aryl methyl sites for hydroxylation is 1. The van der Waals surface area contributed by atoms with Gasteiger partial charge in [-0.05, 0) is 12.0 Å². The first kappa shape index (κ1) is 22.2. The highest BCUT2D eigenvalue weighted by atomic mass is 19.3. The Bertz CT molecular complexity index is 213. The summed E-state index contributed by atoms with van der Waals surface area (Å²) in [5, 5.41) is 0. The zero-order chi connectivity index (χ0) is 14.8. The molecule has 0 bridgehead atoms. The Balaban J connectivity index is -0.000000215. The van der Waals surface area contributed by atoms with Crippen LogP contribution in [0.1, 0.15) is 46.6 Å². The van der Waals surface area contributed by atoms with E-state index in [0.29, 0.717) is 0 Å². The van der Waals surface area contributed by atoms with Crippen molar-refractivity contribution in [2.24, 2.45) is 0 Å². The predicted octanol–water partition coefficient (Wildman–Crippen LogP) is 5.55. The van der Waals surface area contributed by atoms with Gasteiger partial charge in [-0.3, -0.25) is 0 Å². The Morgan fingerprint density at radius 1 is 1.00 bits per heavy atom. The van der Waals surface area contributed by atoms with E-state index >= 15 is 0 Å². The van der Waals surface area contributed by atoms with Crippen molar-refractivity contribution in [3.63, 3.8) is 0 Å². The highest BCUT2D eigenvalue weighted by molar-refractivity contribution is 5.14. The van der Waals surface area contributed by atoms with Crippen LogP contribution < -0.4 is 0 Å². The third-order valence-electron chi connectivity index (χ3n) is 1.56. The van der Waals surface area contributed by atoms with Crippen LogP contribution in [0.4, 0.5) is 8.78 Å². The second-order valence-corrected chi connectivity index (χ2v) is 2.73. The summed E-state index contributed by atoms with van der Waals surface area (Å²) in [5.41, 5.74) is 1.44. The number of halogens is 2. The molecular formula is C15H28F2O. The number of hydrogen-bond acceptors (Lipinski definition) is 1. The lowest BCUT2D eigenvalue weighted by Gasteiger charge is -1.93. The van der Waals surface area contributed by atoms with Crippen LogP contribution in [0.2, 0.25) is 0 Å². The Morgan fingerprint density at radius 2 is 1.39 bits per heavy atom. The standard InChI is InChI=1S/C9H12.C2H4F2O.2C2H6/c1-2-6-9-7-4-3-5-8-9;1-5-2(3)4;2*1-2/h3-5,7-8H,2,6H2,1H3;2H,1H3;2*1-2H3. The number of ether oxygens (including phenoxy) is 1. The highest BCUT2D eigenvalue weighted by Crippen LogP contribution is 2.00. The summed E-state index contributed by atoms with van der Waals surface area (Å²) in [6, 6.07) is 10.6. The van der Waals surface area contributed by atoms with Gasteiger partial charge in [0.2, 0.25) is 0 Å². The molecule has 0 heterocycles. The van der Waals surface area contributed by atoms with Crippen molar-refractivity contribution in [1.29, 1.82) is 0 Å². The van der Waals surface area contributed by atoms with Gasteiger partial charge in [0.15, 0.2) is 0 Å². The molecule has 3 heteroatoms. The predicted molar refractivity (Wildman–Crippen MR) is 76.1 cm³/mol. The van der Waals surface area contributed by atoms with Crippen LogP contribution in [0.25, 0.3) is 0 Å². The third-order valence-corrected chi connectivity index (χ3v) is 1.56. The maximum atomic E-state index is 10.5. The van der Waals surface area contributed by atoms with E-state index < -0.39 is 6.61 Å². The first-order valence-electron chi connectivity index (χ1n) is 6.55. The van der Waals surface area contributed by atoms with Gasteiger partial charge in [-0.15, -0.1) is 0 Å². The molecule has 0 N–H and O–H groups in total. The normalized spacial score (nSPS) is 8.06. The van der Waals surface area contributed by atoms with E-state index in [0.717, 1.165) is 7.11 Å². The van der Waals surface area contributed by atoms with Crippen LogP contribution in [-0.4, -0.2) is 13.7 Å². The van der Waals surface area contributed by atoms with Crippen molar-refractivity contribution < 1.29 is 13.5 Å². The van der Waals surface area contributed by atoms with Crippen molar-refractivity contribution in [2.45, 2.75) is 54.1 Å². The van der Waals surface area contributed by atoms with Crippen LogP contribution in [0.5, 0.6) is 0 Å². The summed E-state index contributed by atoms with van der Waals surface area (Å²) < 4.78 is 24.5. The molecule has 108 valence electrons. The van der Waals surface area contributed by atoms with E-state index in [9.17, 15) is 8.78 Å². The lowest BCUT2D eigenvalue weighted by molar-refractivity contribution is -0.105. The minimum atomic E-state index is -2.62. The molecule has 0 atom stereocenters. The Kier molecular flexibility index (Phi) is 26.4. The molecule has 0 aliphatic carbocycles. The summed E-state index contributed by atoms with van der Waals surface area (Å²) in [5.74, 6) is 0. The van der Waals surface area contributed by atoms with E-state index in [-0.39, 0.29) is 0 Å². The fourth-order valence-electron chi connectivity index (χ4n) is 0.933.